The number of fused-ring (bicyclic) bond motifs is 1. The van der Waals surface area contributed by atoms with Gasteiger partial charge in [0, 0.05) is 19.9 Å². The van der Waals surface area contributed by atoms with Crippen LogP contribution in [0.15, 0.2) is 22.0 Å². The molecule has 0 spiro atoms. The van der Waals surface area contributed by atoms with Crippen molar-refractivity contribution in [1.29, 1.82) is 0 Å². The van der Waals surface area contributed by atoms with E-state index in [0.29, 0.717) is 9.17 Å². The molecule has 2 N–H and O–H groups in total. The summed E-state index contributed by atoms with van der Waals surface area (Å²) in [7, 11) is -1.65. The van der Waals surface area contributed by atoms with E-state index in [-0.39, 0.29) is 10.8 Å². The SMILES string of the molecule is OB(O)c1cc(Br)cc2scc(F)c12. The summed E-state index contributed by atoms with van der Waals surface area (Å²) in [5.41, 5.74) is 0.188. The van der Waals surface area contributed by atoms with Crippen LogP contribution in [0.5, 0.6) is 0 Å². The molecular formula is C8H5BBrFO2S. The average Bonchev–Trinajstić information content (AvgIpc) is 2.46. The molecule has 72 valence electrons. The Morgan fingerprint density at radius 1 is 1.36 bits per heavy atom. The molecule has 2 rings (SSSR count). The third kappa shape index (κ3) is 1.59. The molecule has 2 nitrogen and oxygen atoms in total. The van der Waals surface area contributed by atoms with Crippen LogP contribution in [0.1, 0.15) is 0 Å². The smallest absolute Gasteiger partial charge is 0.423 e. The van der Waals surface area contributed by atoms with E-state index >= 15 is 0 Å². The average molecular weight is 275 g/mol. The van der Waals surface area contributed by atoms with Gasteiger partial charge in [-0.25, -0.2) is 4.39 Å². The van der Waals surface area contributed by atoms with E-state index in [2.05, 4.69) is 15.9 Å². The molecule has 0 fully saturated rings. The van der Waals surface area contributed by atoms with Gasteiger partial charge in [-0.1, -0.05) is 15.9 Å². The van der Waals surface area contributed by atoms with E-state index in [0.717, 1.165) is 0 Å². The summed E-state index contributed by atoms with van der Waals surface area (Å²) in [5, 5.41) is 19.8. The van der Waals surface area contributed by atoms with Gasteiger partial charge in [0.1, 0.15) is 5.82 Å². The molecule has 0 atom stereocenters. The number of halogens is 2. The van der Waals surface area contributed by atoms with Crippen molar-refractivity contribution in [2.24, 2.45) is 0 Å². The van der Waals surface area contributed by atoms with Crippen molar-refractivity contribution in [3.05, 3.63) is 27.8 Å². The fourth-order valence-electron chi connectivity index (χ4n) is 1.33. The van der Waals surface area contributed by atoms with Crippen LogP contribution in [-0.2, 0) is 0 Å². The number of benzene rings is 1. The molecule has 1 heterocycles. The highest BCUT2D eigenvalue weighted by atomic mass is 79.9. The quantitative estimate of drug-likeness (QED) is 0.774. The Morgan fingerprint density at radius 2 is 2.07 bits per heavy atom. The van der Waals surface area contributed by atoms with Gasteiger partial charge in [-0.15, -0.1) is 11.3 Å². The number of hydrogen-bond donors (Lipinski definition) is 2. The van der Waals surface area contributed by atoms with Gasteiger partial charge < -0.3 is 10.0 Å². The van der Waals surface area contributed by atoms with Crippen molar-refractivity contribution in [2.45, 2.75) is 0 Å². The van der Waals surface area contributed by atoms with E-state index in [4.69, 9.17) is 10.0 Å². The van der Waals surface area contributed by atoms with E-state index in [9.17, 15) is 4.39 Å². The summed E-state index contributed by atoms with van der Waals surface area (Å²) >= 11 is 4.46. The molecule has 1 aromatic carbocycles. The molecule has 0 radical (unpaired) electrons. The molecule has 6 heteroatoms. The van der Waals surface area contributed by atoms with Crippen LogP contribution in [-0.4, -0.2) is 17.2 Å². The fourth-order valence-corrected chi connectivity index (χ4v) is 2.83. The Kier molecular flexibility index (Phi) is 2.61. The first-order valence-electron chi connectivity index (χ1n) is 3.82. The third-order valence-electron chi connectivity index (χ3n) is 1.90. The lowest BCUT2D eigenvalue weighted by Gasteiger charge is -2.02. The van der Waals surface area contributed by atoms with E-state index < -0.39 is 12.9 Å². The Bertz CT molecular complexity index is 485. The fraction of sp³-hybridized carbons (Fsp3) is 0. The summed E-state index contributed by atoms with van der Waals surface area (Å²) in [4.78, 5) is 0. The summed E-state index contributed by atoms with van der Waals surface area (Å²) in [6, 6.07) is 3.25. The van der Waals surface area contributed by atoms with E-state index in [1.807, 2.05) is 0 Å². The van der Waals surface area contributed by atoms with E-state index in [1.54, 1.807) is 6.07 Å². The van der Waals surface area contributed by atoms with Gasteiger partial charge in [0.05, 0.1) is 0 Å². The van der Waals surface area contributed by atoms with Crippen molar-refractivity contribution >= 4 is 49.9 Å². The predicted octanol–water partition coefficient (Wildman–Crippen LogP) is 1.48. The minimum atomic E-state index is -1.65. The molecule has 0 aliphatic rings. The number of thiophene rings is 1. The maximum Gasteiger partial charge on any atom is 0.489 e. The first-order valence-corrected chi connectivity index (χ1v) is 5.49. The minimum Gasteiger partial charge on any atom is -0.423 e. The van der Waals surface area contributed by atoms with Gasteiger partial charge in [-0.3, -0.25) is 0 Å². The zero-order valence-corrected chi connectivity index (χ0v) is 9.27. The zero-order valence-electron chi connectivity index (χ0n) is 6.87. The monoisotopic (exact) mass is 274 g/mol. The highest BCUT2D eigenvalue weighted by Gasteiger charge is 2.19. The summed E-state index contributed by atoms with van der Waals surface area (Å²) in [6.07, 6.45) is 0. The van der Waals surface area contributed by atoms with Crippen LogP contribution in [0.25, 0.3) is 10.1 Å². The van der Waals surface area contributed by atoms with E-state index in [1.165, 1.54) is 22.8 Å². The van der Waals surface area contributed by atoms with Crippen LogP contribution in [0, 0.1) is 5.82 Å². The Balaban J connectivity index is 2.83. The molecule has 0 bridgehead atoms. The maximum atomic E-state index is 13.3. The third-order valence-corrected chi connectivity index (χ3v) is 3.26. The molecule has 0 amide bonds. The van der Waals surface area contributed by atoms with Crippen molar-refractivity contribution in [3.8, 4) is 0 Å². The molecule has 0 saturated carbocycles. The lowest BCUT2D eigenvalue weighted by atomic mass is 9.78. The second kappa shape index (κ2) is 3.62. The topological polar surface area (TPSA) is 40.5 Å². The first kappa shape index (κ1) is 10.1. The van der Waals surface area contributed by atoms with Crippen LogP contribution >= 0.6 is 27.3 Å². The number of hydrogen-bond acceptors (Lipinski definition) is 3. The predicted molar refractivity (Wildman–Crippen MR) is 59.3 cm³/mol. The van der Waals surface area contributed by atoms with Crippen molar-refractivity contribution < 1.29 is 14.4 Å². The molecule has 0 aliphatic carbocycles. The van der Waals surface area contributed by atoms with Crippen molar-refractivity contribution in [2.75, 3.05) is 0 Å². The summed E-state index contributed by atoms with van der Waals surface area (Å²) in [6.45, 7) is 0. The summed E-state index contributed by atoms with van der Waals surface area (Å²) < 4.78 is 14.7. The van der Waals surface area contributed by atoms with Crippen LogP contribution in [0.2, 0.25) is 0 Å². The largest absolute Gasteiger partial charge is 0.489 e. The van der Waals surface area contributed by atoms with Crippen molar-refractivity contribution in [3.63, 3.8) is 0 Å². The van der Waals surface area contributed by atoms with Crippen molar-refractivity contribution in [1.82, 2.24) is 0 Å². The molecule has 0 saturated heterocycles. The second-order valence-corrected chi connectivity index (χ2v) is 4.65. The second-order valence-electron chi connectivity index (χ2n) is 2.83. The summed E-state index contributed by atoms with van der Waals surface area (Å²) in [5.74, 6) is -0.416. The maximum absolute atomic E-state index is 13.3. The molecular weight excluding hydrogens is 270 g/mol. The van der Waals surface area contributed by atoms with Crippen LogP contribution in [0.4, 0.5) is 4.39 Å². The van der Waals surface area contributed by atoms with Gasteiger partial charge >= 0.3 is 7.12 Å². The molecule has 1 aromatic heterocycles. The van der Waals surface area contributed by atoms with Crippen LogP contribution in [0.3, 0.4) is 0 Å². The van der Waals surface area contributed by atoms with Gasteiger partial charge in [0.2, 0.25) is 0 Å². The molecule has 2 aromatic rings. The Morgan fingerprint density at radius 3 is 2.71 bits per heavy atom. The number of rotatable bonds is 1. The zero-order chi connectivity index (χ0) is 10.3. The van der Waals surface area contributed by atoms with Crippen LogP contribution < -0.4 is 5.46 Å². The normalized spacial score (nSPS) is 10.9. The highest BCUT2D eigenvalue weighted by Crippen LogP contribution is 2.26. The Hall–Kier alpha value is -0.425. The van der Waals surface area contributed by atoms with Gasteiger partial charge in [0.25, 0.3) is 0 Å². The molecule has 14 heavy (non-hydrogen) atoms. The van der Waals surface area contributed by atoms with Gasteiger partial charge in [-0.2, -0.15) is 0 Å². The Labute approximate surface area is 92.3 Å². The minimum absolute atomic E-state index is 0.188. The highest BCUT2D eigenvalue weighted by molar-refractivity contribution is 9.10. The van der Waals surface area contributed by atoms with Gasteiger partial charge in [0.15, 0.2) is 0 Å². The lowest BCUT2D eigenvalue weighted by molar-refractivity contribution is 0.426. The molecule has 0 aliphatic heterocycles. The van der Waals surface area contributed by atoms with Gasteiger partial charge in [-0.05, 0) is 17.6 Å². The molecule has 0 unspecified atom stereocenters. The standard InChI is InChI=1S/C8H5BBrFO2S/c10-4-1-5(9(12)13)8-6(11)3-14-7(8)2-4/h1-3,12-13H. The first-order chi connectivity index (χ1) is 6.59. The lowest BCUT2D eigenvalue weighted by Crippen LogP contribution is -2.30.